The van der Waals surface area contributed by atoms with Crippen molar-refractivity contribution in [2.24, 2.45) is 5.18 Å². The van der Waals surface area contributed by atoms with Crippen LogP contribution in [0.15, 0.2) is 23.5 Å². The molecule has 72 valence electrons. The molecule has 0 radical (unpaired) electrons. The number of ether oxygens (including phenoxy) is 1. The van der Waals surface area contributed by atoms with Gasteiger partial charge in [-0.3, -0.25) is 0 Å². The zero-order valence-electron chi connectivity index (χ0n) is 8.15. The standard InChI is InChI=1S/C7H8N2O2.C2H6/c1-2-11-6-3-4-7(9-10)8-5-6;1-2/h3-5H,2H2,1H3;1-2H3. The van der Waals surface area contributed by atoms with Crippen LogP contribution in [0.5, 0.6) is 5.75 Å². The molecule has 0 saturated heterocycles. The summed E-state index contributed by atoms with van der Waals surface area (Å²) in [5.41, 5.74) is 0. The number of rotatable bonds is 3. The highest BCUT2D eigenvalue weighted by molar-refractivity contribution is 5.31. The number of hydrogen-bond acceptors (Lipinski definition) is 4. The predicted octanol–water partition coefficient (Wildman–Crippen LogP) is 2.90. The largest absolute Gasteiger partial charge is 0.492 e. The second kappa shape index (κ2) is 7.21. The Kier molecular flexibility index (Phi) is 6.41. The SMILES string of the molecule is CC.CCOc1ccc(N=O)nc1. The first-order chi connectivity index (χ1) is 6.36. The molecule has 1 heterocycles. The summed E-state index contributed by atoms with van der Waals surface area (Å²) in [5, 5.41) is 2.66. The predicted molar refractivity (Wildman–Crippen MR) is 52.2 cm³/mol. The first-order valence-corrected chi connectivity index (χ1v) is 4.29. The van der Waals surface area contributed by atoms with Crippen molar-refractivity contribution in [1.82, 2.24) is 4.98 Å². The van der Waals surface area contributed by atoms with Crippen molar-refractivity contribution in [3.63, 3.8) is 0 Å². The van der Waals surface area contributed by atoms with E-state index in [1.807, 2.05) is 20.8 Å². The molecule has 0 fully saturated rings. The normalized spacial score (nSPS) is 8.23. The fraction of sp³-hybridized carbons (Fsp3) is 0.444. The zero-order chi connectivity index (χ0) is 10.1. The first-order valence-electron chi connectivity index (χ1n) is 4.29. The number of aromatic nitrogens is 1. The molecule has 0 N–H and O–H groups in total. The molecule has 13 heavy (non-hydrogen) atoms. The second-order valence-electron chi connectivity index (χ2n) is 1.88. The Hall–Kier alpha value is -1.45. The molecule has 0 aromatic carbocycles. The van der Waals surface area contributed by atoms with Crippen LogP contribution in [0.3, 0.4) is 0 Å². The summed E-state index contributed by atoms with van der Waals surface area (Å²) < 4.78 is 5.10. The molecule has 0 unspecified atom stereocenters. The Morgan fingerprint density at radius 2 is 2.15 bits per heavy atom. The Labute approximate surface area is 77.9 Å². The molecule has 0 atom stereocenters. The minimum absolute atomic E-state index is 0.174. The lowest BCUT2D eigenvalue weighted by Gasteiger charge is -1.99. The number of nitrogens with zero attached hydrogens (tertiary/aromatic N) is 2. The van der Waals surface area contributed by atoms with Crippen molar-refractivity contribution in [1.29, 1.82) is 0 Å². The molecular weight excluding hydrogens is 168 g/mol. The molecule has 4 nitrogen and oxygen atoms in total. The van der Waals surface area contributed by atoms with E-state index in [4.69, 9.17) is 4.74 Å². The summed E-state index contributed by atoms with van der Waals surface area (Å²) in [7, 11) is 0. The Morgan fingerprint density at radius 1 is 1.46 bits per heavy atom. The van der Waals surface area contributed by atoms with Gasteiger partial charge in [-0.1, -0.05) is 13.8 Å². The highest BCUT2D eigenvalue weighted by Gasteiger charge is 1.93. The van der Waals surface area contributed by atoms with E-state index in [1.54, 1.807) is 6.07 Å². The van der Waals surface area contributed by atoms with Crippen molar-refractivity contribution in [3.05, 3.63) is 23.2 Å². The van der Waals surface area contributed by atoms with Crippen LogP contribution in [0.25, 0.3) is 0 Å². The second-order valence-corrected chi connectivity index (χ2v) is 1.88. The van der Waals surface area contributed by atoms with Gasteiger partial charge in [0.2, 0.25) is 0 Å². The summed E-state index contributed by atoms with van der Waals surface area (Å²) in [4.78, 5) is 13.6. The van der Waals surface area contributed by atoms with E-state index in [-0.39, 0.29) is 5.82 Å². The van der Waals surface area contributed by atoms with E-state index < -0.39 is 0 Å². The average molecular weight is 182 g/mol. The van der Waals surface area contributed by atoms with E-state index in [9.17, 15) is 4.91 Å². The minimum atomic E-state index is 0.174. The number of hydrogen-bond donors (Lipinski definition) is 0. The third-order valence-electron chi connectivity index (χ3n) is 1.13. The fourth-order valence-electron chi connectivity index (χ4n) is 0.679. The van der Waals surface area contributed by atoms with E-state index in [2.05, 4.69) is 10.2 Å². The van der Waals surface area contributed by atoms with Crippen molar-refractivity contribution in [2.45, 2.75) is 20.8 Å². The molecule has 4 heteroatoms. The van der Waals surface area contributed by atoms with Gasteiger partial charge in [-0.05, 0) is 24.2 Å². The molecule has 0 bridgehead atoms. The van der Waals surface area contributed by atoms with Crippen LogP contribution in [0.1, 0.15) is 20.8 Å². The summed E-state index contributed by atoms with van der Waals surface area (Å²) in [6.45, 7) is 6.47. The molecule has 1 aromatic rings. The quantitative estimate of drug-likeness (QED) is 0.675. The van der Waals surface area contributed by atoms with Crippen molar-refractivity contribution in [3.8, 4) is 5.75 Å². The highest BCUT2D eigenvalue weighted by atomic mass is 16.5. The van der Waals surface area contributed by atoms with Gasteiger partial charge in [-0.15, -0.1) is 4.91 Å². The lowest BCUT2D eigenvalue weighted by atomic mass is 10.4. The van der Waals surface area contributed by atoms with E-state index in [0.717, 1.165) is 0 Å². The summed E-state index contributed by atoms with van der Waals surface area (Å²) in [6.07, 6.45) is 1.47. The van der Waals surface area contributed by atoms with E-state index in [0.29, 0.717) is 12.4 Å². The van der Waals surface area contributed by atoms with Crippen LogP contribution in [0.4, 0.5) is 5.82 Å². The summed E-state index contributed by atoms with van der Waals surface area (Å²) in [5.74, 6) is 0.827. The van der Waals surface area contributed by atoms with E-state index >= 15 is 0 Å². The van der Waals surface area contributed by atoms with Crippen molar-refractivity contribution < 1.29 is 4.74 Å². The van der Waals surface area contributed by atoms with Crippen molar-refractivity contribution in [2.75, 3.05) is 6.61 Å². The molecular formula is C9H14N2O2. The average Bonchev–Trinajstić information content (AvgIpc) is 2.23. The van der Waals surface area contributed by atoms with Gasteiger partial charge in [0.15, 0.2) is 5.82 Å². The van der Waals surface area contributed by atoms with Crippen LogP contribution in [0.2, 0.25) is 0 Å². The van der Waals surface area contributed by atoms with Crippen LogP contribution in [-0.2, 0) is 0 Å². The third-order valence-corrected chi connectivity index (χ3v) is 1.13. The topological polar surface area (TPSA) is 51.5 Å². The minimum Gasteiger partial charge on any atom is -0.492 e. The third kappa shape index (κ3) is 4.20. The summed E-state index contributed by atoms with van der Waals surface area (Å²) in [6, 6.07) is 3.17. The van der Waals surface area contributed by atoms with Crippen LogP contribution >= 0.6 is 0 Å². The molecule has 0 aliphatic carbocycles. The van der Waals surface area contributed by atoms with Crippen molar-refractivity contribution >= 4 is 5.82 Å². The number of nitroso groups, excluding NO2 is 1. The first kappa shape index (κ1) is 11.6. The maximum Gasteiger partial charge on any atom is 0.196 e. The molecule has 1 aromatic heterocycles. The lowest BCUT2D eigenvalue weighted by molar-refractivity contribution is 0.339. The smallest absolute Gasteiger partial charge is 0.196 e. The molecule has 0 amide bonds. The van der Waals surface area contributed by atoms with Gasteiger partial charge >= 0.3 is 0 Å². The van der Waals surface area contributed by atoms with Gasteiger partial charge in [0.05, 0.1) is 12.8 Å². The van der Waals surface area contributed by atoms with Gasteiger partial charge in [-0.25, -0.2) is 4.98 Å². The Balaban J connectivity index is 0.000000671. The van der Waals surface area contributed by atoms with Crippen LogP contribution in [0, 0.1) is 4.91 Å². The zero-order valence-corrected chi connectivity index (χ0v) is 8.15. The maximum atomic E-state index is 9.92. The lowest BCUT2D eigenvalue weighted by Crippen LogP contribution is -1.90. The fourth-order valence-corrected chi connectivity index (χ4v) is 0.679. The van der Waals surface area contributed by atoms with Gasteiger partial charge in [0, 0.05) is 0 Å². The van der Waals surface area contributed by atoms with Gasteiger partial charge in [0.1, 0.15) is 5.75 Å². The van der Waals surface area contributed by atoms with E-state index in [1.165, 1.54) is 12.3 Å². The van der Waals surface area contributed by atoms with Gasteiger partial charge in [0.25, 0.3) is 0 Å². The van der Waals surface area contributed by atoms with Crippen LogP contribution in [-0.4, -0.2) is 11.6 Å². The molecule has 0 saturated carbocycles. The molecule has 0 aliphatic rings. The van der Waals surface area contributed by atoms with Crippen LogP contribution < -0.4 is 4.74 Å². The highest BCUT2D eigenvalue weighted by Crippen LogP contribution is 2.13. The van der Waals surface area contributed by atoms with Gasteiger partial charge in [-0.2, -0.15) is 0 Å². The molecule has 0 spiro atoms. The molecule has 1 rings (SSSR count). The summed E-state index contributed by atoms with van der Waals surface area (Å²) >= 11 is 0. The monoisotopic (exact) mass is 182 g/mol. The van der Waals surface area contributed by atoms with Gasteiger partial charge < -0.3 is 4.74 Å². The number of pyridine rings is 1. The maximum absolute atomic E-state index is 9.92. The Bertz CT molecular complexity index is 234. The Morgan fingerprint density at radius 3 is 2.54 bits per heavy atom. The molecule has 0 aliphatic heterocycles.